The minimum absolute atomic E-state index is 0.0252. The van der Waals surface area contributed by atoms with Crippen LogP contribution < -0.4 is 10.9 Å². The summed E-state index contributed by atoms with van der Waals surface area (Å²) < 4.78 is 6.78. The summed E-state index contributed by atoms with van der Waals surface area (Å²) in [5.41, 5.74) is 0.0659. The molecule has 1 amide bonds. The second kappa shape index (κ2) is 6.06. The van der Waals surface area contributed by atoms with Crippen LogP contribution in [0.5, 0.6) is 0 Å². The van der Waals surface area contributed by atoms with Gasteiger partial charge < -0.3 is 9.73 Å². The van der Waals surface area contributed by atoms with Gasteiger partial charge in [-0.3, -0.25) is 4.79 Å². The lowest BCUT2D eigenvalue weighted by molar-refractivity contribution is 0.0993. The van der Waals surface area contributed by atoms with E-state index in [1.807, 2.05) is 0 Å². The lowest BCUT2D eigenvalue weighted by Crippen LogP contribution is -2.14. The van der Waals surface area contributed by atoms with Crippen LogP contribution in [-0.4, -0.2) is 5.91 Å². The van der Waals surface area contributed by atoms with Crippen molar-refractivity contribution in [3.8, 4) is 0 Å². The number of anilines is 1. The predicted octanol–water partition coefficient (Wildman–Crippen LogP) is 4.57. The largest absolute Gasteiger partial charge is 0.417 e. The van der Waals surface area contributed by atoms with Gasteiger partial charge in [-0.25, -0.2) is 4.79 Å². The maximum Gasteiger partial charge on any atom is 0.344 e. The Morgan fingerprint density at radius 3 is 2.55 bits per heavy atom. The van der Waals surface area contributed by atoms with Gasteiger partial charge >= 0.3 is 5.63 Å². The Morgan fingerprint density at radius 1 is 1.00 bits per heavy atom. The zero-order chi connectivity index (χ0) is 15.7. The Morgan fingerprint density at radius 2 is 1.77 bits per heavy atom. The lowest BCUT2D eigenvalue weighted by atomic mass is 10.1. The van der Waals surface area contributed by atoms with Crippen molar-refractivity contribution in [2.45, 2.75) is 0 Å². The average molecular weight is 423 g/mol. The molecule has 22 heavy (non-hydrogen) atoms. The molecule has 1 aromatic heterocycles. The van der Waals surface area contributed by atoms with Gasteiger partial charge in [0.25, 0.3) is 5.91 Å². The molecule has 3 aromatic rings. The van der Waals surface area contributed by atoms with Gasteiger partial charge in [-0.1, -0.05) is 18.2 Å². The smallest absolute Gasteiger partial charge is 0.344 e. The molecule has 1 N–H and O–H groups in total. The van der Waals surface area contributed by atoms with Crippen LogP contribution in [0.2, 0.25) is 0 Å². The number of benzene rings is 2. The first-order valence-corrected chi connectivity index (χ1v) is 7.92. The minimum Gasteiger partial charge on any atom is -0.417 e. The maximum absolute atomic E-state index is 12.2. The average Bonchev–Trinajstić information content (AvgIpc) is 2.51. The number of hydrogen-bond donors (Lipinski definition) is 1. The molecule has 3 rings (SSSR count). The molecule has 0 atom stereocenters. The van der Waals surface area contributed by atoms with Gasteiger partial charge in [-0.15, -0.1) is 0 Å². The van der Waals surface area contributed by atoms with Crippen LogP contribution in [0.1, 0.15) is 10.6 Å². The Bertz CT molecular complexity index is 934. The summed E-state index contributed by atoms with van der Waals surface area (Å²) in [7, 11) is 0. The molecule has 4 nitrogen and oxygen atoms in total. The van der Waals surface area contributed by atoms with Crippen molar-refractivity contribution in [1.82, 2.24) is 0 Å². The molecule has 110 valence electrons. The van der Waals surface area contributed by atoms with Crippen LogP contribution in [0.25, 0.3) is 10.8 Å². The molecule has 6 heteroatoms. The first-order valence-electron chi connectivity index (χ1n) is 6.34. The third kappa shape index (κ3) is 2.98. The number of nitrogens with one attached hydrogen (secondary N) is 1. The summed E-state index contributed by atoms with van der Waals surface area (Å²) in [5, 5.41) is 3.81. The normalized spacial score (nSPS) is 10.6. The molecule has 0 radical (unpaired) electrons. The number of rotatable bonds is 2. The second-order valence-corrected chi connectivity index (χ2v) is 6.28. The SMILES string of the molecule is O=C(Nc1ccc(Br)c(Br)c1)c1cc2ccccc2c(=O)o1. The highest BCUT2D eigenvalue weighted by Gasteiger charge is 2.12. The van der Waals surface area contributed by atoms with Crippen molar-refractivity contribution in [1.29, 1.82) is 0 Å². The fourth-order valence-electron chi connectivity index (χ4n) is 2.01. The molecule has 0 aliphatic carbocycles. The topological polar surface area (TPSA) is 59.3 Å². The zero-order valence-electron chi connectivity index (χ0n) is 11.1. The molecule has 0 aliphatic heterocycles. The van der Waals surface area contributed by atoms with E-state index in [-0.39, 0.29) is 5.76 Å². The number of halogens is 2. The fourth-order valence-corrected chi connectivity index (χ4v) is 2.64. The molecule has 0 saturated heterocycles. The van der Waals surface area contributed by atoms with Crippen molar-refractivity contribution >= 4 is 54.2 Å². The number of carbonyl (C=O) groups is 1. The van der Waals surface area contributed by atoms with Gasteiger partial charge in [-0.2, -0.15) is 0 Å². The van der Waals surface area contributed by atoms with Gasteiger partial charge in [0, 0.05) is 14.6 Å². The Hall–Kier alpha value is -1.92. The number of hydrogen-bond acceptors (Lipinski definition) is 3. The Labute approximate surface area is 142 Å². The van der Waals surface area contributed by atoms with E-state index in [1.54, 1.807) is 48.5 Å². The van der Waals surface area contributed by atoms with Gasteiger partial charge in [0.15, 0.2) is 5.76 Å². The van der Waals surface area contributed by atoms with Gasteiger partial charge in [0.1, 0.15) is 0 Å². The summed E-state index contributed by atoms with van der Waals surface area (Å²) in [6.45, 7) is 0. The van der Waals surface area contributed by atoms with E-state index in [2.05, 4.69) is 37.2 Å². The second-order valence-electron chi connectivity index (χ2n) is 4.57. The highest BCUT2D eigenvalue weighted by Crippen LogP contribution is 2.26. The van der Waals surface area contributed by atoms with Gasteiger partial charge in [-0.05, 0) is 67.6 Å². The van der Waals surface area contributed by atoms with Crippen molar-refractivity contribution in [3.05, 3.63) is 73.7 Å². The molecule has 0 fully saturated rings. The maximum atomic E-state index is 12.2. The molecule has 0 spiro atoms. The van der Waals surface area contributed by atoms with Gasteiger partial charge in [0.2, 0.25) is 0 Å². The summed E-state index contributed by atoms with van der Waals surface area (Å²) in [6.07, 6.45) is 0. The monoisotopic (exact) mass is 421 g/mol. The first-order chi connectivity index (χ1) is 10.5. The minimum atomic E-state index is -0.528. The molecule has 0 unspecified atom stereocenters. The molecule has 2 aromatic carbocycles. The molecular weight excluding hydrogens is 414 g/mol. The summed E-state index contributed by atoms with van der Waals surface area (Å²) in [4.78, 5) is 24.1. The number of carbonyl (C=O) groups excluding carboxylic acids is 1. The van der Waals surface area contributed by atoms with Gasteiger partial charge in [0.05, 0.1) is 5.39 Å². The third-order valence-corrected chi connectivity index (χ3v) is 4.95. The fraction of sp³-hybridized carbons (Fsp3) is 0. The zero-order valence-corrected chi connectivity index (χ0v) is 14.3. The van der Waals surface area contributed by atoms with E-state index in [1.165, 1.54) is 0 Å². The van der Waals surface area contributed by atoms with Crippen molar-refractivity contribution in [3.63, 3.8) is 0 Å². The van der Waals surface area contributed by atoms with Crippen LogP contribution >= 0.6 is 31.9 Å². The summed E-state index contributed by atoms with van der Waals surface area (Å²) >= 11 is 6.72. The number of fused-ring (bicyclic) bond motifs is 1. The summed E-state index contributed by atoms with van der Waals surface area (Å²) in [6, 6.07) is 13.8. The molecular formula is C16H9Br2NO3. The predicted molar refractivity (Wildman–Crippen MR) is 92.3 cm³/mol. The van der Waals surface area contributed by atoms with Crippen LogP contribution in [0.4, 0.5) is 5.69 Å². The molecule has 0 bridgehead atoms. The molecule has 0 saturated carbocycles. The lowest BCUT2D eigenvalue weighted by Gasteiger charge is -2.06. The Balaban J connectivity index is 1.95. The van der Waals surface area contributed by atoms with Crippen LogP contribution in [0.15, 0.2) is 66.7 Å². The van der Waals surface area contributed by atoms with Crippen LogP contribution in [0.3, 0.4) is 0 Å². The molecule has 0 aliphatic rings. The van der Waals surface area contributed by atoms with Crippen molar-refractivity contribution in [2.75, 3.05) is 5.32 Å². The standard InChI is InChI=1S/C16H9Br2NO3/c17-12-6-5-10(8-13(12)18)19-15(20)14-7-9-3-1-2-4-11(9)16(21)22-14/h1-8H,(H,19,20). The number of amides is 1. The Kier molecular flexibility index (Phi) is 4.13. The highest BCUT2D eigenvalue weighted by atomic mass is 79.9. The first kappa shape index (κ1) is 15.0. The summed E-state index contributed by atoms with van der Waals surface area (Å²) in [5.74, 6) is -0.500. The van der Waals surface area contributed by atoms with E-state index in [0.29, 0.717) is 16.5 Å². The van der Waals surface area contributed by atoms with Crippen molar-refractivity contribution in [2.24, 2.45) is 0 Å². The van der Waals surface area contributed by atoms with E-state index in [0.717, 1.165) is 8.95 Å². The quantitative estimate of drug-likeness (QED) is 0.657. The van der Waals surface area contributed by atoms with E-state index in [9.17, 15) is 9.59 Å². The van der Waals surface area contributed by atoms with E-state index in [4.69, 9.17) is 4.42 Å². The third-order valence-electron chi connectivity index (χ3n) is 3.07. The highest BCUT2D eigenvalue weighted by molar-refractivity contribution is 9.13. The van der Waals surface area contributed by atoms with Crippen LogP contribution in [-0.2, 0) is 0 Å². The van der Waals surface area contributed by atoms with Crippen molar-refractivity contribution < 1.29 is 9.21 Å². The van der Waals surface area contributed by atoms with E-state index < -0.39 is 11.5 Å². The van der Waals surface area contributed by atoms with E-state index >= 15 is 0 Å². The molecule has 1 heterocycles. The van der Waals surface area contributed by atoms with Crippen LogP contribution in [0, 0.1) is 0 Å².